The first-order chi connectivity index (χ1) is 9.02. The van der Waals surface area contributed by atoms with Crippen LogP contribution >= 0.6 is 0 Å². The van der Waals surface area contributed by atoms with Crippen LogP contribution in [0.4, 0.5) is 5.69 Å². The van der Waals surface area contributed by atoms with E-state index in [1.54, 1.807) is 19.0 Å². The summed E-state index contributed by atoms with van der Waals surface area (Å²) in [7, 11) is 5.68. The van der Waals surface area contributed by atoms with Crippen LogP contribution in [0.5, 0.6) is 0 Å². The Labute approximate surface area is 115 Å². The van der Waals surface area contributed by atoms with Gasteiger partial charge < -0.3 is 15.5 Å². The second kappa shape index (κ2) is 5.61. The smallest absolute Gasteiger partial charge is 0.226 e. The maximum atomic E-state index is 12.0. The fraction of sp³-hybridized carbons (Fsp3) is 0.533. The van der Waals surface area contributed by atoms with Crippen molar-refractivity contribution in [2.24, 2.45) is 11.7 Å². The second-order valence-corrected chi connectivity index (χ2v) is 5.50. The third-order valence-corrected chi connectivity index (χ3v) is 3.83. The molecule has 0 aliphatic carbocycles. The molecule has 0 saturated carbocycles. The van der Waals surface area contributed by atoms with Gasteiger partial charge in [0.2, 0.25) is 5.91 Å². The minimum absolute atomic E-state index is 0.111. The Morgan fingerprint density at radius 2 is 2.21 bits per heavy atom. The molecular formula is C15H23N3O. The van der Waals surface area contributed by atoms with E-state index in [9.17, 15) is 4.79 Å². The third kappa shape index (κ3) is 2.89. The van der Waals surface area contributed by atoms with E-state index in [0.717, 1.165) is 19.4 Å². The van der Waals surface area contributed by atoms with Crippen LogP contribution in [0.15, 0.2) is 18.2 Å². The van der Waals surface area contributed by atoms with Crippen LogP contribution in [0.25, 0.3) is 0 Å². The zero-order valence-electron chi connectivity index (χ0n) is 12.0. The van der Waals surface area contributed by atoms with Gasteiger partial charge in [-0.1, -0.05) is 12.1 Å². The summed E-state index contributed by atoms with van der Waals surface area (Å²) in [6, 6.07) is 6.50. The van der Waals surface area contributed by atoms with Gasteiger partial charge in [-0.05, 0) is 30.0 Å². The Kier molecular flexibility index (Phi) is 4.10. The molecule has 1 heterocycles. The summed E-state index contributed by atoms with van der Waals surface area (Å²) in [5.41, 5.74) is 9.64. The lowest BCUT2D eigenvalue weighted by Crippen LogP contribution is -2.35. The summed E-state index contributed by atoms with van der Waals surface area (Å²) in [4.78, 5) is 15.9. The molecule has 1 amide bonds. The number of fused-ring (bicyclic) bond motifs is 1. The lowest BCUT2D eigenvalue weighted by atomic mass is 9.96. The quantitative estimate of drug-likeness (QED) is 0.875. The molecule has 0 radical (unpaired) electrons. The monoisotopic (exact) mass is 261 g/mol. The van der Waals surface area contributed by atoms with Crippen molar-refractivity contribution in [1.82, 2.24) is 4.90 Å². The van der Waals surface area contributed by atoms with Crippen molar-refractivity contribution in [1.29, 1.82) is 0 Å². The topological polar surface area (TPSA) is 49.6 Å². The molecule has 19 heavy (non-hydrogen) atoms. The Bertz CT molecular complexity index is 470. The van der Waals surface area contributed by atoms with Crippen molar-refractivity contribution < 1.29 is 4.79 Å². The van der Waals surface area contributed by atoms with Gasteiger partial charge >= 0.3 is 0 Å². The highest BCUT2D eigenvalue weighted by molar-refractivity contribution is 5.79. The van der Waals surface area contributed by atoms with Gasteiger partial charge in [-0.2, -0.15) is 0 Å². The number of carbonyl (C=O) groups excluding carboxylic acids is 1. The summed E-state index contributed by atoms with van der Waals surface area (Å²) >= 11 is 0. The van der Waals surface area contributed by atoms with Gasteiger partial charge in [0.25, 0.3) is 0 Å². The molecule has 0 aromatic heterocycles. The summed E-state index contributed by atoms with van der Waals surface area (Å²) in [6.45, 7) is 1.48. The molecule has 0 fully saturated rings. The van der Waals surface area contributed by atoms with Crippen molar-refractivity contribution in [3.05, 3.63) is 29.3 Å². The van der Waals surface area contributed by atoms with E-state index >= 15 is 0 Å². The van der Waals surface area contributed by atoms with Crippen LogP contribution in [0, 0.1) is 5.92 Å². The number of carbonyl (C=O) groups is 1. The molecule has 4 nitrogen and oxygen atoms in total. The molecule has 104 valence electrons. The van der Waals surface area contributed by atoms with Crippen LogP contribution < -0.4 is 10.6 Å². The minimum atomic E-state index is -0.118. The van der Waals surface area contributed by atoms with Gasteiger partial charge in [-0.15, -0.1) is 0 Å². The highest BCUT2D eigenvalue weighted by Gasteiger charge is 2.21. The van der Waals surface area contributed by atoms with E-state index in [0.29, 0.717) is 6.54 Å². The van der Waals surface area contributed by atoms with Gasteiger partial charge in [0.05, 0.1) is 5.92 Å². The third-order valence-electron chi connectivity index (χ3n) is 3.83. The number of hydrogen-bond donors (Lipinski definition) is 1. The van der Waals surface area contributed by atoms with Crippen LogP contribution in [0.3, 0.4) is 0 Å². The Balaban J connectivity index is 2.13. The number of rotatable bonds is 4. The molecule has 0 saturated heterocycles. The van der Waals surface area contributed by atoms with Gasteiger partial charge in [0, 0.05) is 39.9 Å². The molecule has 4 heteroatoms. The first kappa shape index (κ1) is 13.9. The molecule has 0 spiro atoms. The average molecular weight is 261 g/mol. The standard InChI is InChI=1S/C15H23N3O/c1-17(2)15(19)13(10-16)9-11-4-5-14-12(8-11)6-7-18(14)3/h4-5,8,13H,6-7,9-10,16H2,1-3H3. The van der Waals surface area contributed by atoms with E-state index in [-0.39, 0.29) is 11.8 Å². The van der Waals surface area contributed by atoms with Crippen LogP contribution in [0.2, 0.25) is 0 Å². The van der Waals surface area contributed by atoms with Crippen LogP contribution in [-0.4, -0.2) is 45.0 Å². The fourth-order valence-corrected chi connectivity index (χ4v) is 2.67. The summed E-state index contributed by atoms with van der Waals surface area (Å²) in [5.74, 6) is -0.00713. The summed E-state index contributed by atoms with van der Waals surface area (Å²) < 4.78 is 0. The SMILES string of the molecule is CN(C)C(=O)C(CN)Cc1ccc2c(c1)CCN2C. The fourth-order valence-electron chi connectivity index (χ4n) is 2.67. The number of amides is 1. The molecule has 1 atom stereocenters. The Morgan fingerprint density at radius 1 is 1.47 bits per heavy atom. The first-order valence-electron chi connectivity index (χ1n) is 6.77. The number of nitrogens with two attached hydrogens (primary N) is 1. The van der Waals surface area contributed by atoms with Crippen LogP contribution in [-0.2, 0) is 17.6 Å². The van der Waals surface area contributed by atoms with E-state index < -0.39 is 0 Å². The normalized spacial score (nSPS) is 15.3. The minimum Gasteiger partial charge on any atom is -0.374 e. The lowest BCUT2D eigenvalue weighted by molar-refractivity contribution is -0.132. The highest BCUT2D eigenvalue weighted by atomic mass is 16.2. The van der Waals surface area contributed by atoms with Gasteiger partial charge in [0.1, 0.15) is 0 Å². The van der Waals surface area contributed by atoms with Crippen molar-refractivity contribution in [3.8, 4) is 0 Å². The Morgan fingerprint density at radius 3 is 2.84 bits per heavy atom. The van der Waals surface area contributed by atoms with Gasteiger partial charge in [-0.25, -0.2) is 0 Å². The highest BCUT2D eigenvalue weighted by Crippen LogP contribution is 2.28. The number of nitrogens with zero attached hydrogens (tertiary/aromatic N) is 2. The predicted molar refractivity (Wildman–Crippen MR) is 78.4 cm³/mol. The zero-order chi connectivity index (χ0) is 14.0. The maximum Gasteiger partial charge on any atom is 0.226 e. The van der Waals surface area contributed by atoms with Gasteiger partial charge in [0.15, 0.2) is 0 Å². The molecular weight excluding hydrogens is 238 g/mol. The molecule has 1 aliphatic rings. The number of hydrogen-bond acceptors (Lipinski definition) is 3. The molecule has 0 bridgehead atoms. The van der Waals surface area contributed by atoms with Gasteiger partial charge in [-0.3, -0.25) is 4.79 Å². The second-order valence-electron chi connectivity index (χ2n) is 5.50. The van der Waals surface area contributed by atoms with E-state index in [4.69, 9.17) is 5.73 Å². The van der Waals surface area contributed by atoms with Crippen molar-refractivity contribution in [3.63, 3.8) is 0 Å². The molecule has 2 N–H and O–H groups in total. The number of anilines is 1. The number of likely N-dealkylation sites (N-methyl/N-ethyl adjacent to an activating group) is 1. The largest absolute Gasteiger partial charge is 0.374 e. The van der Waals surface area contributed by atoms with Crippen LogP contribution in [0.1, 0.15) is 11.1 Å². The first-order valence-corrected chi connectivity index (χ1v) is 6.77. The molecule has 1 aromatic rings. The molecule has 1 unspecified atom stereocenters. The van der Waals surface area contributed by atoms with Crippen molar-refractivity contribution >= 4 is 11.6 Å². The number of benzene rings is 1. The Hall–Kier alpha value is -1.55. The van der Waals surface area contributed by atoms with E-state index in [2.05, 4.69) is 30.1 Å². The zero-order valence-corrected chi connectivity index (χ0v) is 12.0. The summed E-state index contributed by atoms with van der Waals surface area (Å²) in [5, 5.41) is 0. The van der Waals surface area contributed by atoms with E-state index in [1.165, 1.54) is 16.8 Å². The van der Waals surface area contributed by atoms with Crippen molar-refractivity contribution in [2.75, 3.05) is 39.1 Å². The molecule has 1 aliphatic heterocycles. The molecule has 1 aromatic carbocycles. The lowest BCUT2D eigenvalue weighted by Gasteiger charge is -2.19. The van der Waals surface area contributed by atoms with E-state index in [1.807, 2.05) is 0 Å². The maximum absolute atomic E-state index is 12.0. The predicted octanol–water partition coefficient (Wildman–Crippen LogP) is 0.884. The average Bonchev–Trinajstić information content (AvgIpc) is 2.76. The summed E-state index contributed by atoms with van der Waals surface area (Å²) in [6.07, 6.45) is 1.82. The molecule has 2 rings (SSSR count). The van der Waals surface area contributed by atoms with Crippen molar-refractivity contribution in [2.45, 2.75) is 12.8 Å².